The summed E-state index contributed by atoms with van der Waals surface area (Å²) in [5, 5.41) is 8.31. The van der Waals surface area contributed by atoms with E-state index in [0.717, 1.165) is 39.3 Å². The van der Waals surface area contributed by atoms with E-state index in [-0.39, 0.29) is 0 Å². The summed E-state index contributed by atoms with van der Waals surface area (Å²) < 4.78 is 0. The molecule has 1 aromatic heterocycles. The Kier molecular flexibility index (Phi) is 4.20. The van der Waals surface area contributed by atoms with Crippen molar-refractivity contribution < 1.29 is 0 Å². The smallest absolute Gasteiger partial charge is 0.0734 e. The maximum absolute atomic E-state index is 4.15. The van der Waals surface area contributed by atoms with Gasteiger partial charge in [0.15, 0.2) is 0 Å². The molecule has 5 heteroatoms. The van der Waals surface area contributed by atoms with Gasteiger partial charge in [0, 0.05) is 38.4 Å². The summed E-state index contributed by atoms with van der Waals surface area (Å²) in [7, 11) is 0. The van der Waals surface area contributed by atoms with Gasteiger partial charge < -0.3 is 4.90 Å². The standard InChI is InChI=1S/C16H23N5/c1-14-4-3-5-16(15(14)2)20-11-8-19(9-12-20)10-13-21-17-6-7-18-21/h3-7H,8-13H2,1-2H3. The summed E-state index contributed by atoms with van der Waals surface area (Å²) in [5.41, 5.74) is 4.18. The molecule has 3 rings (SSSR count). The van der Waals surface area contributed by atoms with Gasteiger partial charge in [0.1, 0.15) is 0 Å². The molecule has 2 heterocycles. The van der Waals surface area contributed by atoms with Gasteiger partial charge in [0.05, 0.1) is 18.9 Å². The van der Waals surface area contributed by atoms with Gasteiger partial charge in [-0.2, -0.15) is 15.0 Å². The van der Waals surface area contributed by atoms with Gasteiger partial charge in [0.25, 0.3) is 0 Å². The van der Waals surface area contributed by atoms with Gasteiger partial charge in [-0.1, -0.05) is 12.1 Å². The molecule has 0 unspecified atom stereocenters. The molecule has 1 fully saturated rings. The van der Waals surface area contributed by atoms with Crippen molar-refractivity contribution in [3.8, 4) is 0 Å². The van der Waals surface area contributed by atoms with Gasteiger partial charge in [-0.3, -0.25) is 4.90 Å². The van der Waals surface area contributed by atoms with Crippen LogP contribution in [0.4, 0.5) is 5.69 Å². The van der Waals surface area contributed by atoms with E-state index in [9.17, 15) is 0 Å². The molecule has 112 valence electrons. The summed E-state index contributed by atoms with van der Waals surface area (Å²) >= 11 is 0. The summed E-state index contributed by atoms with van der Waals surface area (Å²) in [4.78, 5) is 6.76. The number of benzene rings is 1. The minimum atomic E-state index is 0.872. The van der Waals surface area contributed by atoms with Gasteiger partial charge >= 0.3 is 0 Å². The van der Waals surface area contributed by atoms with Gasteiger partial charge in [0.2, 0.25) is 0 Å². The fourth-order valence-electron chi connectivity index (χ4n) is 2.88. The van der Waals surface area contributed by atoms with Crippen molar-refractivity contribution in [2.75, 3.05) is 37.6 Å². The number of anilines is 1. The Morgan fingerprint density at radius 1 is 0.952 bits per heavy atom. The molecule has 1 aliphatic heterocycles. The zero-order chi connectivity index (χ0) is 14.7. The number of hydrogen-bond donors (Lipinski definition) is 0. The molecule has 21 heavy (non-hydrogen) atoms. The molecule has 0 radical (unpaired) electrons. The number of aromatic nitrogens is 3. The summed E-state index contributed by atoms with van der Waals surface area (Å²) in [6.07, 6.45) is 3.47. The minimum Gasteiger partial charge on any atom is -0.369 e. The molecule has 1 aromatic carbocycles. The monoisotopic (exact) mass is 285 g/mol. The normalized spacial score (nSPS) is 16.4. The van der Waals surface area contributed by atoms with Crippen LogP contribution < -0.4 is 4.90 Å². The molecular formula is C16H23N5. The maximum Gasteiger partial charge on any atom is 0.0734 e. The lowest BCUT2D eigenvalue weighted by atomic mass is 10.1. The highest BCUT2D eigenvalue weighted by molar-refractivity contribution is 5.56. The van der Waals surface area contributed by atoms with Gasteiger partial charge in [-0.25, -0.2) is 0 Å². The molecule has 0 N–H and O–H groups in total. The largest absolute Gasteiger partial charge is 0.369 e. The molecule has 0 saturated carbocycles. The number of rotatable bonds is 4. The average molecular weight is 285 g/mol. The Hall–Kier alpha value is -1.88. The molecule has 0 aliphatic carbocycles. The first kappa shape index (κ1) is 14.1. The average Bonchev–Trinajstić information content (AvgIpc) is 3.02. The lowest BCUT2D eigenvalue weighted by Gasteiger charge is -2.37. The van der Waals surface area contributed by atoms with Crippen LogP contribution in [0.1, 0.15) is 11.1 Å². The molecule has 2 aromatic rings. The predicted molar refractivity (Wildman–Crippen MR) is 84.6 cm³/mol. The maximum atomic E-state index is 4.15. The molecule has 0 atom stereocenters. The molecule has 0 spiro atoms. The first-order chi connectivity index (χ1) is 10.2. The van der Waals surface area contributed by atoms with E-state index < -0.39 is 0 Å². The summed E-state index contributed by atoms with van der Waals surface area (Å²) in [6, 6.07) is 6.59. The topological polar surface area (TPSA) is 37.2 Å². The third-order valence-electron chi connectivity index (χ3n) is 4.37. The number of piperazine rings is 1. The van der Waals surface area contributed by atoms with Crippen molar-refractivity contribution in [3.63, 3.8) is 0 Å². The van der Waals surface area contributed by atoms with E-state index in [1.54, 1.807) is 17.2 Å². The van der Waals surface area contributed by atoms with Crippen LogP contribution in [-0.4, -0.2) is 52.6 Å². The van der Waals surface area contributed by atoms with Crippen LogP contribution in [0.3, 0.4) is 0 Å². The van der Waals surface area contributed by atoms with E-state index in [0.29, 0.717) is 0 Å². The van der Waals surface area contributed by atoms with E-state index in [1.807, 2.05) is 0 Å². The fraction of sp³-hybridized carbons (Fsp3) is 0.500. The van der Waals surface area contributed by atoms with Crippen LogP contribution in [0.5, 0.6) is 0 Å². The van der Waals surface area contributed by atoms with Crippen LogP contribution in [0.15, 0.2) is 30.6 Å². The third kappa shape index (κ3) is 3.24. The zero-order valence-electron chi connectivity index (χ0n) is 12.9. The van der Waals surface area contributed by atoms with Gasteiger partial charge in [-0.05, 0) is 31.0 Å². The van der Waals surface area contributed by atoms with E-state index in [4.69, 9.17) is 0 Å². The van der Waals surface area contributed by atoms with E-state index >= 15 is 0 Å². The Bertz CT molecular complexity index is 570. The van der Waals surface area contributed by atoms with Crippen molar-refractivity contribution in [2.45, 2.75) is 20.4 Å². The second-order valence-corrected chi connectivity index (χ2v) is 5.67. The minimum absolute atomic E-state index is 0.872. The number of aryl methyl sites for hydroxylation is 1. The van der Waals surface area contributed by atoms with Crippen molar-refractivity contribution in [1.82, 2.24) is 19.9 Å². The van der Waals surface area contributed by atoms with Crippen molar-refractivity contribution in [2.24, 2.45) is 0 Å². The van der Waals surface area contributed by atoms with Crippen LogP contribution in [-0.2, 0) is 6.54 Å². The fourth-order valence-corrected chi connectivity index (χ4v) is 2.88. The second kappa shape index (κ2) is 6.26. The van der Waals surface area contributed by atoms with Crippen molar-refractivity contribution in [1.29, 1.82) is 0 Å². The summed E-state index contributed by atoms with van der Waals surface area (Å²) in [6.45, 7) is 10.7. The van der Waals surface area contributed by atoms with Crippen molar-refractivity contribution >= 4 is 5.69 Å². The highest BCUT2D eigenvalue weighted by atomic mass is 15.5. The van der Waals surface area contributed by atoms with E-state index in [1.165, 1.54) is 16.8 Å². The van der Waals surface area contributed by atoms with Crippen LogP contribution in [0.25, 0.3) is 0 Å². The Morgan fingerprint density at radius 3 is 2.38 bits per heavy atom. The van der Waals surface area contributed by atoms with Crippen LogP contribution in [0, 0.1) is 13.8 Å². The highest BCUT2D eigenvalue weighted by Crippen LogP contribution is 2.23. The predicted octanol–water partition coefficient (Wildman–Crippen LogP) is 1.72. The van der Waals surface area contributed by atoms with Crippen molar-refractivity contribution in [3.05, 3.63) is 41.7 Å². The first-order valence-corrected chi connectivity index (χ1v) is 7.61. The molecular weight excluding hydrogens is 262 g/mol. The SMILES string of the molecule is Cc1cccc(N2CCN(CCn3nccn3)CC2)c1C. The molecule has 5 nitrogen and oxygen atoms in total. The Labute approximate surface area is 126 Å². The molecule has 0 amide bonds. The summed E-state index contributed by atoms with van der Waals surface area (Å²) in [5.74, 6) is 0. The van der Waals surface area contributed by atoms with E-state index in [2.05, 4.69) is 52.0 Å². The third-order valence-corrected chi connectivity index (χ3v) is 4.37. The zero-order valence-corrected chi connectivity index (χ0v) is 12.9. The quantitative estimate of drug-likeness (QED) is 0.857. The molecule has 0 bridgehead atoms. The lowest BCUT2D eigenvalue weighted by Crippen LogP contribution is -2.47. The van der Waals surface area contributed by atoms with Gasteiger partial charge in [-0.15, -0.1) is 0 Å². The number of nitrogens with zero attached hydrogens (tertiary/aromatic N) is 5. The van der Waals surface area contributed by atoms with Crippen LogP contribution in [0.2, 0.25) is 0 Å². The Balaban J connectivity index is 1.54. The Morgan fingerprint density at radius 2 is 1.67 bits per heavy atom. The first-order valence-electron chi connectivity index (χ1n) is 7.61. The van der Waals surface area contributed by atoms with Crippen LogP contribution >= 0.6 is 0 Å². The molecule has 1 aliphatic rings. The highest BCUT2D eigenvalue weighted by Gasteiger charge is 2.18. The number of hydrogen-bond acceptors (Lipinski definition) is 4. The lowest BCUT2D eigenvalue weighted by molar-refractivity contribution is 0.239. The molecule has 1 saturated heterocycles. The second-order valence-electron chi connectivity index (χ2n) is 5.67.